The van der Waals surface area contributed by atoms with Gasteiger partial charge in [0.05, 0.1) is 23.3 Å². The summed E-state index contributed by atoms with van der Waals surface area (Å²) in [6, 6.07) is 13.3. The molecular weight excluding hydrogens is 352 g/mol. The summed E-state index contributed by atoms with van der Waals surface area (Å²) in [5.41, 5.74) is 1.79. The van der Waals surface area contributed by atoms with E-state index < -0.39 is 5.97 Å². The highest BCUT2D eigenvalue weighted by molar-refractivity contribution is 8.18. The van der Waals surface area contributed by atoms with E-state index in [0.29, 0.717) is 21.3 Å². The molecule has 0 saturated carbocycles. The number of carbonyl (C=O) groups excluding carboxylic acids is 2. The van der Waals surface area contributed by atoms with Crippen molar-refractivity contribution in [3.63, 3.8) is 0 Å². The third kappa shape index (κ3) is 3.78. The first kappa shape index (κ1) is 17.8. The normalized spacial score (nSPS) is 17.2. The van der Waals surface area contributed by atoms with Gasteiger partial charge in [-0.15, -0.1) is 0 Å². The second kappa shape index (κ2) is 7.45. The van der Waals surface area contributed by atoms with E-state index in [1.54, 1.807) is 61.7 Å². The number of ether oxygens (including phenoxy) is 1. The van der Waals surface area contributed by atoms with Crippen molar-refractivity contribution in [2.45, 2.75) is 0 Å². The van der Waals surface area contributed by atoms with Crippen LogP contribution in [0.5, 0.6) is 5.75 Å². The summed E-state index contributed by atoms with van der Waals surface area (Å²) in [5.74, 6) is -0.436. The fraction of sp³-hybridized carbons (Fsp3) is 0.105. The van der Waals surface area contributed by atoms with Crippen LogP contribution in [-0.4, -0.2) is 41.2 Å². The predicted octanol–water partition coefficient (Wildman–Crippen LogP) is 3.41. The minimum atomic E-state index is -0.414. The molecule has 1 saturated heterocycles. The zero-order chi connectivity index (χ0) is 18.7. The van der Waals surface area contributed by atoms with Crippen molar-refractivity contribution < 1.29 is 19.4 Å². The number of thioether (sulfide) groups is 1. The van der Waals surface area contributed by atoms with Crippen LogP contribution in [0, 0.1) is 0 Å². The van der Waals surface area contributed by atoms with Gasteiger partial charge in [-0.2, -0.15) is 0 Å². The van der Waals surface area contributed by atoms with Crippen molar-refractivity contribution >= 4 is 40.6 Å². The largest absolute Gasteiger partial charge is 0.508 e. The van der Waals surface area contributed by atoms with E-state index in [9.17, 15) is 14.7 Å². The number of hydrogen-bond acceptors (Lipinski definition) is 6. The van der Waals surface area contributed by atoms with Crippen molar-refractivity contribution in [1.29, 1.82) is 0 Å². The second-order valence-corrected chi connectivity index (χ2v) is 6.51. The van der Waals surface area contributed by atoms with E-state index in [-0.39, 0.29) is 11.7 Å². The van der Waals surface area contributed by atoms with Crippen LogP contribution in [0.1, 0.15) is 15.9 Å². The number of amides is 1. The number of likely N-dealkylation sites (N-methyl/N-ethyl adjacent to an activating group) is 1. The molecule has 0 atom stereocenters. The molecule has 0 spiro atoms. The maximum Gasteiger partial charge on any atom is 0.337 e. The van der Waals surface area contributed by atoms with E-state index in [2.05, 4.69) is 9.73 Å². The van der Waals surface area contributed by atoms with Crippen LogP contribution in [0.3, 0.4) is 0 Å². The van der Waals surface area contributed by atoms with Crippen LogP contribution < -0.4 is 0 Å². The van der Waals surface area contributed by atoms with E-state index in [1.165, 1.54) is 23.8 Å². The molecule has 1 aliphatic heterocycles. The number of phenolic OH excluding ortho intramolecular Hbond substituents is 1. The zero-order valence-corrected chi connectivity index (χ0v) is 15.0. The van der Waals surface area contributed by atoms with Gasteiger partial charge in [-0.25, -0.2) is 9.79 Å². The van der Waals surface area contributed by atoms with Gasteiger partial charge in [-0.05, 0) is 59.8 Å². The minimum Gasteiger partial charge on any atom is -0.508 e. The molecule has 3 rings (SSSR count). The van der Waals surface area contributed by atoms with Crippen molar-refractivity contribution in [2.75, 3.05) is 14.2 Å². The number of aliphatic imine (C=N–C) groups is 1. The Morgan fingerprint density at radius 2 is 1.96 bits per heavy atom. The first-order valence-corrected chi connectivity index (χ1v) is 8.53. The maximum atomic E-state index is 12.4. The summed E-state index contributed by atoms with van der Waals surface area (Å²) < 4.78 is 4.66. The number of hydrogen-bond donors (Lipinski definition) is 1. The molecule has 0 aromatic heterocycles. The van der Waals surface area contributed by atoms with Gasteiger partial charge in [-0.3, -0.25) is 9.69 Å². The third-order valence-corrected chi connectivity index (χ3v) is 4.74. The van der Waals surface area contributed by atoms with Gasteiger partial charge in [0, 0.05) is 7.05 Å². The van der Waals surface area contributed by atoms with Crippen LogP contribution in [0.2, 0.25) is 0 Å². The number of amidine groups is 1. The van der Waals surface area contributed by atoms with Crippen LogP contribution in [-0.2, 0) is 9.53 Å². The fourth-order valence-electron chi connectivity index (χ4n) is 2.32. The molecule has 2 aromatic carbocycles. The van der Waals surface area contributed by atoms with E-state index in [0.717, 1.165) is 5.56 Å². The molecule has 1 aliphatic rings. The molecule has 6 nitrogen and oxygen atoms in total. The molecule has 0 unspecified atom stereocenters. The Bertz CT molecular complexity index is 919. The van der Waals surface area contributed by atoms with Crippen LogP contribution >= 0.6 is 11.8 Å². The van der Waals surface area contributed by atoms with Crippen molar-refractivity contribution in [1.82, 2.24) is 4.90 Å². The van der Waals surface area contributed by atoms with Gasteiger partial charge in [-0.1, -0.05) is 12.1 Å². The van der Waals surface area contributed by atoms with Gasteiger partial charge >= 0.3 is 5.97 Å². The Labute approximate surface area is 154 Å². The Balaban J connectivity index is 1.84. The quantitative estimate of drug-likeness (QED) is 0.663. The highest BCUT2D eigenvalue weighted by atomic mass is 32.2. The average Bonchev–Trinajstić information content (AvgIpc) is 2.89. The summed E-state index contributed by atoms with van der Waals surface area (Å²) in [5, 5.41) is 10.1. The lowest BCUT2D eigenvalue weighted by molar-refractivity contribution is -0.121. The third-order valence-electron chi connectivity index (χ3n) is 3.68. The number of methoxy groups -OCH3 is 1. The molecule has 2 aromatic rings. The van der Waals surface area contributed by atoms with Crippen molar-refractivity contribution in [2.24, 2.45) is 4.99 Å². The Morgan fingerprint density at radius 1 is 1.23 bits per heavy atom. The number of aromatic hydroxyl groups is 1. The molecule has 1 fully saturated rings. The molecule has 1 amide bonds. The average molecular weight is 368 g/mol. The van der Waals surface area contributed by atoms with Crippen LogP contribution in [0.25, 0.3) is 6.08 Å². The maximum absolute atomic E-state index is 12.4. The molecule has 1 heterocycles. The molecule has 0 aliphatic carbocycles. The predicted molar refractivity (Wildman–Crippen MR) is 101 cm³/mol. The lowest BCUT2D eigenvalue weighted by Gasteiger charge is -2.07. The minimum absolute atomic E-state index is 0.141. The number of nitrogens with zero attached hydrogens (tertiary/aromatic N) is 2. The van der Waals surface area contributed by atoms with Gasteiger partial charge in [0.25, 0.3) is 5.91 Å². The molecule has 7 heteroatoms. The molecule has 0 radical (unpaired) electrons. The lowest BCUT2D eigenvalue weighted by atomic mass is 10.2. The van der Waals surface area contributed by atoms with Gasteiger partial charge < -0.3 is 9.84 Å². The van der Waals surface area contributed by atoms with Gasteiger partial charge in [0.2, 0.25) is 0 Å². The molecule has 1 N–H and O–H groups in total. The van der Waals surface area contributed by atoms with Crippen LogP contribution in [0.15, 0.2) is 58.4 Å². The monoisotopic (exact) mass is 368 g/mol. The molecule has 26 heavy (non-hydrogen) atoms. The first-order chi connectivity index (χ1) is 12.5. The summed E-state index contributed by atoms with van der Waals surface area (Å²) in [7, 11) is 2.98. The Morgan fingerprint density at radius 3 is 2.62 bits per heavy atom. The topological polar surface area (TPSA) is 79.2 Å². The van der Waals surface area contributed by atoms with E-state index in [4.69, 9.17) is 0 Å². The lowest BCUT2D eigenvalue weighted by Crippen LogP contribution is -2.23. The SMILES string of the molecule is COC(=O)c1ccc(N=C2S/C(=C\c3cccc(O)c3)C(=O)N2C)cc1. The summed E-state index contributed by atoms with van der Waals surface area (Å²) in [6.07, 6.45) is 1.71. The summed E-state index contributed by atoms with van der Waals surface area (Å²) in [4.78, 5) is 30.3. The van der Waals surface area contributed by atoms with Crippen LogP contribution in [0.4, 0.5) is 5.69 Å². The molecule has 0 bridgehead atoms. The number of benzene rings is 2. The zero-order valence-electron chi connectivity index (χ0n) is 14.2. The Kier molecular flexibility index (Phi) is 5.09. The first-order valence-electron chi connectivity index (χ1n) is 7.71. The molecular formula is C19H16N2O4S. The smallest absolute Gasteiger partial charge is 0.337 e. The number of esters is 1. The van der Waals surface area contributed by atoms with Crippen molar-refractivity contribution in [3.8, 4) is 5.75 Å². The van der Waals surface area contributed by atoms with E-state index in [1.807, 2.05) is 0 Å². The fourth-order valence-corrected chi connectivity index (χ4v) is 3.30. The highest BCUT2D eigenvalue weighted by Gasteiger charge is 2.30. The van der Waals surface area contributed by atoms with Gasteiger partial charge in [0.15, 0.2) is 5.17 Å². The number of phenols is 1. The van der Waals surface area contributed by atoms with Crippen molar-refractivity contribution in [3.05, 3.63) is 64.6 Å². The molecule has 132 valence electrons. The van der Waals surface area contributed by atoms with E-state index >= 15 is 0 Å². The van der Waals surface area contributed by atoms with Gasteiger partial charge in [0.1, 0.15) is 5.75 Å². The summed E-state index contributed by atoms with van der Waals surface area (Å²) >= 11 is 1.25. The second-order valence-electron chi connectivity index (χ2n) is 5.50. The number of rotatable bonds is 3. The number of carbonyl (C=O) groups is 2. The highest BCUT2D eigenvalue weighted by Crippen LogP contribution is 2.33. The summed E-state index contributed by atoms with van der Waals surface area (Å²) in [6.45, 7) is 0. The standard InChI is InChI=1S/C19H16N2O4S/c1-21-17(23)16(11-12-4-3-5-15(22)10-12)26-19(21)20-14-8-6-13(7-9-14)18(24)25-2/h3-11,22H,1-2H3/b16-11-,20-19?. The Hall–Kier alpha value is -3.06.